The third-order valence-corrected chi connectivity index (χ3v) is 1.46. The number of halogens is 4. The van der Waals surface area contributed by atoms with Crippen LogP contribution < -0.4 is 5.73 Å². The molecule has 0 fully saturated rings. The van der Waals surface area contributed by atoms with Crippen molar-refractivity contribution < 1.29 is 31.8 Å². The van der Waals surface area contributed by atoms with Crippen molar-refractivity contribution in [3.8, 4) is 0 Å². The Morgan fingerprint density at radius 3 is 2.44 bits per heavy atom. The van der Waals surface area contributed by atoms with Crippen LogP contribution in [0.3, 0.4) is 0 Å². The summed E-state index contributed by atoms with van der Waals surface area (Å²) in [4.78, 5) is 10.8. The highest BCUT2D eigenvalue weighted by Gasteiger charge is 2.47. The van der Waals surface area contributed by atoms with Crippen LogP contribution in [-0.2, 0) is 14.3 Å². The first-order valence-corrected chi connectivity index (χ1v) is 4.16. The van der Waals surface area contributed by atoms with Gasteiger partial charge >= 0.3 is 12.1 Å². The van der Waals surface area contributed by atoms with Crippen molar-refractivity contribution in [3.05, 3.63) is 12.8 Å². The van der Waals surface area contributed by atoms with E-state index in [-0.39, 0.29) is 13.2 Å². The van der Waals surface area contributed by atoms with Gasteiger partial charge in [0.25, 0.3) is 0 Å². The van der Waals surface area contributed by atoms with Gasteiger partial charge in [-0.1, -0.05) is 6.58 Å². The zero-order valence-electron chi connectivity index (χ0n) is 8.17. The van der Waals surface area contributed by atoms with Gasteiger partial charge in [-0.15, -0.1) is 0 Å². The van der Waals surface area contributed by atoms with Gasteiger partial charge in [0.05, 0.1) is 6.26 Å². The molecule has 0 bridgehead atoms. The molecule has 0 aromatic rings. The highest BCUT2D eigenvalue weighted by Crippen LogP contribution is 2.25. The molecule has 2 unspecified atom stereocenters. The average molecular weight is 245 g/mol. The molecule has 4 nitrogen and oxygen atoms in total. The lowest BCUT2D eigenvalue weighted by Crippen LogP contribution is -2.48. The first-order chi connectivity index (χ1) is 7.30. The van der Waals surface area contributed by atoms with Gasteiger partial charge in [0.2, 0.25) is 6.17 Å². The standard InChI is InChI=1S/C8H11F4NO3/c1-2-15-3-4-16-7(14)5(13)6(9)8(10,11)12/h2,5-6H,1,3-4,13H2. The third-order valence-electron chi connectivity index (χ3n) is 1.46. The van der Waals surface area contributed by atoms with Gasteiger partial charge in [-0.3, -0.25) is 4.79 Å². The number of alkyl halides is 4. The van der Waals surface area contributed by atoms with E-state index in [1.165, 1.54) is 0 Å². The molecular formula is C8H11F4NO3. The number of carbonyl (C=O) groups is 1. The van der Waals surface area contributed by atoms with E-state index < -0.39 is 24.4 Å². The molecule has 2 atom stereocenters. The zero-order chi connectivity index (χ0) is 12.8. The summed E-state index contributed by atoms with van der Waals surface area (Å²) in [6.45, 7) is 2.75. The van der Waals surface area contributed by atoms with Crippen LogP contribution in [0.15, 0.2) is 12.8 Å². The maximum absolute atomic E-state index is 12.5. The Morgan fingerprint density at radius 2 is 2.00 bits per heavy atom. The second-order valence-electron chi connectivity index (χ2n) is 2.67. The summed E-state index contributed by atoms with van der Waals surface area (Å²) in [6, 6.07) is -2.39. The SMILES string of the molecule is C=COCCOC(=O)C(N)C(F)C(F)(F)F. The van der Waals surface area contributed by atoms with Crippen molar-refractivity contribution in [1.82, 2.24) is 0 Å². The predicted molar refractivity (Wildman–Crippen MR) is 46.0 cm³/mol. The van der Waals surface area contributed by atoms with E-state index in [1.807, 2.05) is 0 Å². The minimum Gasteiger partial charge on any atom is -0.498 e. The van der Waals surface area contributed by atoms with Gasteiger partial charge in [0.15, 0.2) is 0 Å². The fraction of sp³-hybridized carbons (Fsp3) is 0.625. The van der Waals surface area contributed by atoms with E-state index in [4.69, 9.17) is 5.73 Å². The van der Waals surface area contributed by atoms with Crippen LogP contribution in [0.5, 0.6) is 0 Å². The highest BCUT2D eigenvalue weighted by molar-refractivity contribution is 5.76. The molecule has 0 aliphatic rings. The van der Waals surface area contributed by atoms with E-state index in [0.29, 0.717) is 0 Å². The van der Waals surface area contributed by atoms with Gasteiger partial charge in [-0.25, -0.2) is 4.39 Å². The smallest absolute Gasteiger partial charge is 0.421 e. The van der Waals surface area contributed by atoms with Crippen molar-refractivity contribution in [3.63, 3.8) is 0 Å². The molecule has 0 radical (unpaired) electrons. The lowest BCUT2D eigenvalue weighted by molar-refractivity contribution is -0.193. The zero-order valence-corrected chi connectivity index (χ0v) is 8.17. The van der Waals surface area contributed by atoms with Gasteiger partial charge in [-0.2, -0.15) is 13.2 Å². The topological polar surface area (TPSA) is 61.5 Å². The summed E-state index contributed by atoms with van der Waals surface area (Å²) in [7, 11) is 0. The number of ether oxygens (including phenoxy) is 2. The van der Waals surface area contributed by atoms with Crippen LogP contribution in [0.2, 0.25) is 0 Å². The molecule has 8 heteroatoms. The van der Waals surface area contributed by atoms with E-state index in [1.54, 1.807) is 0 Å². The van der Waals surface area contributed by atoms with Crippen LogP contribution in [0.1, 0.15) is 0 Å². The minimum atomic E-state index is -5.18. The molecule has 0 spiro atoms. The normalized spacial score (nSPS) is 15.1. The lowest BCUT2D eigenvalue weighted by atomic mass is 10.2. The Morgan fingerprint density at radius 1 is 1.44 bits per heavy atom. The van der Waals surface area contributed by atoms with Gasteiger partial charge in [-0.05, 0) is 0 Å². The second-order valence-corrected chi connectivity index (χ2v) is 2.67. The number of rotatable bonds is 6. The Hall–Kier alpha value is -1.31. The summed E-state index contributed by atoms with van der Waals surface area (Å²) in [5, 5.41) is 0. The number of nitrogens with two attached hydrogens (primary N) is 1. The lowest BCUT2D eigenvalue weighted by Gasteiger charge is -2.17. The molecule has 0 rings (SSSR count). The summed E-state index contributed by atoms with van der Waals surface area (Å²) < 4.78 is 56.7. The Kier molecular flexibility index (Phi) is 5.79. The van der Waals surface area contributed by atoms with Crippen LogP contribution in [0.25, 0.3) is 0 Å². The molecule has 0 aromatic heterocycles. The molecule has 2 N–H and O–H groups in total. The van der Waals surface area contributed by atoms with Gasteiger partial charge < -0.3 is 15.2 Å². The molecule has 0 aliphatic heterocycles. The molecule has 0 amide bonds. The number of esters is 1. The van der Waals surface area contributed by atoms with Crippen LogP contribution in [0.4, 0.5) is 17.6 Å². The number of hydrogen-bond acceptors (Lipinski definition) is 4. The molecule has 0 aliphatic carbocycles. The Labute approximate surface area is 89.0 Å². The minimum absolute atomic E-state index is 0.0923. The summed E-state index contributed by atoms with van der Waals surface area (Å²) in [6.07, 6.45) is -7.57. The quantitative estimate of drug-likeness (QED) is 0.327. The first kappa shape index (κ1) is 14.7. The fourth-order valence-electron chi connectivity index (χ4n) is 0.693. The molecule has 0 saturated heterocycles. The van der Waals surface area contributed by atoms with Crippen molar-refractivity contribution in [2.75, 3.05) is 13.2 Å². The Bertz CT molecular complexity index is 244. The summed E-state index contributed by atoms with van der Waals surface area (Å²) >= 11 is 0. The van der Waals surface area contributed by atoms with Crippen LogP contribution >= 0.6 is 0 Å². The summed E-state index contributed by atoms with van der Waals surface area (Å²) in [5.74, 6) is -1.47. The predicted octanol–water partition coefficient (Wildman–Crippen LogP) is 0.917. The van der Waals surface area contributed by atoms with E-state index in [2.05, 4.69) is 16.1 Å². The Balaban J connectivity index is 4.03. The van der Waals surface area contributed by atoms with Gasteiger partial charge in [0.1, 0.15) is 19.3 Å². The molecule has 0 aromatic carbocycles. The highest BCUT2D eigenvalue weighted by atomic mass is 19.4. The van der Waals surface area contributed by atoms with E-state index in [0.717, 1.165) is 6.26 Å². The van der Waals surface area contributed by atoms with Crippen molar-refractivity contribution in [1.29, 1.82) is 0 Å². The molecular weight excluding hydrogens is 234 g/mol. The number of hydrogen-bond donors (Lipinski definition) is 1. The number of carbonyl (C=O) groups excluding carboxylic acids is 1. The van der Waals surface area contributed by atoms with Crippen molar-refractivity contribution >= 4 is 5.97 Å². The van der Waals surface area contributed by atoms with Crippen molar-refractivity contribution in [2.45, 2.75) is 18.4 Å². The molecule has 0 saturated carbocycles. The first-order valence-electron chi connectivity index (χ1n) is 4.16. The molecule has 94 valence electrons. The maximum Gasteiger partial charge on any atom is 0.421 e. The monoisotopic (exact) mass is 245 g/mol. The van der Waals surface area contributed by atoms with E-state index in [9.17, 15) is 22.4 Å². The van der Waals surface area contributed by atoms with Gasteiger partial charge in [0, 0.05) is 0 Å². The fourth-order valence-corrected chi connectivity index (χ4v) is 0.693. The molecule has 0 heterocycles. The summed E-state index contributed by atoms with van der Waals surface area (Å²) in [5.41, 5.74) is 4.73. The second kappa shape index (κ2) is 6.31. The van der Waals surface area contributed by atoms with E-state index >= 15 is 0 Å². The average Bonchev–Trinajstić information content (AvgIpc) is 2.20. The van der Waals surface area contributed by atoms with Crippen LogP contribution in [-0.4, -0.2) is 37.6 Å². The van der Waals surface area contributed by atoms with Crippen LogP contribution in [0, 0.1) is 0 Å². The largest absolute Gasteiger partial charge is 0.498 e. The third kappa shape index (κ3) is 4.96. The molecule has 16 heavy (non-hydrogen) atoms. The maximum atomic E-state index is 12.5. The van der Waals surface area contributed by atoms with Crippen molar-refractivity contribution in [2.24, 2.45) is 5.73 Å².